The van der Waals surface area contributed by atoms with Crippen molar-refractivity contribution in [2.45, 2.75) is 12.8 Å². The predicted molar refractivity (Wildman–Crippen MR) is 60.4 cm³/mol. The summed E-state index contributed by atoms with van der Waals surface area (Å²) in [6.07, 6.45) is 0. The van der Waals surface area contributed by atoms with E-state index in [1.807, 2.05) is 19.1 Å². The van der Waals surface area contributed by atoms with Gasteiger partial charge in [0.15, 0.2) is 5.76 Å². The van der Waals surface area contributed by atoms with Gasteiger partial charge in [-0.1, -0.05) is 29.8 Å². The molecule has 5 heteroatoms. The minimum absolute atomic E-state index is 0.214. The molecule has 1 N–H and O–H groups in total. The van der Waals surface area contributed by atoms with Crippen molar-refractivity contribution in [2.24, 2.45) is 0 Å². The van der Waals surface area contributed by atoms with Crippen molar-refractivity contribution >= 4 is 5.97 Å². The predicted octanol–water partition coefficient (Wildman–Crippen LogP) is 3.43. The van der Waals surface area contributed by atoms with Crippen molar-refractivity contribution < 1.29 is 23.1 Å². The molecular formula is C13H10F2O3. The van der Waals surface area contributed by atoms with Gasteiger partial charge in [-0.15, -0.1) is 0 Å². The second-order valence-electron chi connectivity index (χ2n) is 3.91. The van der Waals surface area contributed by atoms with Crippen molar-refractivity contribution in [2.75, 3.05) is 0 Å². The number of hydrogen-bond acceptors (Lipinski definition) is 2. The minimum atomic E-state index is -4.01. The van der Waals surface area contributed by atoms with Crippen molar-refractivity contribution in [3.05, 3.63) is 47.7 Å². The zero-order chi connectivity index (χ0) is 13.3. The number of hydrogen-bond donors (Lipinski definition) is 1. The van der Waals surface area contributed by atoms with Crippen molar-refractivity contribution in [3.8, 4) is 11.3 Å². The molecule has 0 amide bonds. The van der Waals surface area contributed by atoms with Gasteiger partial charge in [-0.3, -0.25) is 0 Å². The third-order valence-corrected chi connectivity index (χ3v) is 2.52. The Morgan fingerprint density at radius 3 is 2.33 bits per heavy atom. The lowest BCUT2D eigenvalue weighted by Gasteiger charge is -2.06. The SMILES string of the molecule is Cc1ccc(-c2ccc(C(F)(F)C(=O)O)o2)cc1. The number of carboxylic acid groups (broad SMARTS) is 1. The third-order valence-electron chi connectivity index (χ3n) is 2.52. The Labute approximate surface area is 102 Å². The van der Waals surface area contributed by atoms with E-state index < -0.39 is 17.7 Å². The summed E-state index contributed by atoms with van der Waals surface area (Å²) in [5.74, 6) is -6.90. The van der Waals surface area contributed by atoms with E-state index in [4.69, 9.17) is 9.52 Å². The average Bonchev–Trinajstić information content (AvgIpc) is 2.79. The van der Waals surface area contributed by atoms with Crippen LogP contribution < -0.4 is 0 Å². The zero-order valence-electron chi connectivity index (χ0n) is 9.48. The molecule has 1 aromatic carbocycles. The van der Waals surface area contributed by atoms with Crippen LogP contribution in [0, 0.1) is 6.92 Å². The van der Waals surface area contributed by atoms with E-state index in [0.717, 1.165) is 11.6 Å². The third kappa shape index (κ3) is 2.11. The van der Waals surface area contributed by atoms with Crippen LogP contribution in [0.5, 0.6) is 0 Å². The summed E-state index contributed by atoms with van der Waals surface area (Å²) in [6, 6.07) is 9.37. The van der Waals surface area contributed by atoms with Crippen LogP contribution in [-0.4, -0.2) is 11.1 Å². The van der Waals surface area contributed by atoms with Crippen LogP contribution in [-0.2, 0) is 10.7 Å². The summed E-state index contributed by atoms with van der Waals surface area (Å²) in [5, 5.41) is 8.40. The first-order chi connectivity index (χ1) is 8.41. The van der Waals surface area contributed by atoms with Gasteiger partial charge >= 0.3 is 11.9 Å². The molecular weight excluding hydrogens is 242 g/mol. The van der Waals surface area contributed by atoms with Crippen LogP contribution in [0.4, 0.5) is 8.78 Å². The highest BCUT2D eigenvalue weighted by Crippen LogP contribution is 2.33. The van der Waals surface area contributed by atoms with Crippen molar-refractivity contribution in [3.63, 3.8) is 0 Å². The summed E-state index contributed by atoms with van der Waals surface area (Å²) in [7, 11) is 0. The number of halogens is 2. The van der Waals surface area contributed by atoms with Crippen LogP contribution in [0.2, 0.25) is 0 Å². The van der Waals surface area contributed by atoms with Gasteiger partial charge in [0, 0.05) is 5.56 Å². The maximum atomic E-state index is 13.2. The second-order valence-corrected chi connectivity index (χ2v) is 3.91. The molecule has 0 saturated heterocycles. The molecule has 0 unspecified atom stereocenters. The van der Waals surface area contributed by atoms with Crippen LogP contribution in [0.15, 0.2) is 40.8 Å². The average molecular weight is 252 g/mol. The molecule has 1 aromatic heterocycles. The molecule has 0 radical (unpaired) electrons. The highest BCUT2D eigenvalue weighted by Gasteiger charge is 2.44. The highest BCUT2D eigenvalue weighted by atomic mass is 19.3. The normalized spacial score (nSPS) is 11.5. The number of carboxylic acids is 1. The van der Waals surface area contributed by atoms with E-state index >= 15 is 0 Å². The van der Waals surface area contributed by atoms with Crippen LogP contribution >= 0.6 is 0 Å². The van der Waals surface area contributed by atoms with E-state index in [2.05, 4.69) is 0 Å². The molecule has 0 bridgehead atoms. The molecule has 94 valence electrons. The molecule has 0 aliphatic heterocycles. The molecule has 0 aliphatic rings. The first-order valence-corrected chi connectivity index (χ1v) is 5.20. The Hall–Kier alpha value is -2.17. The Balaban J connectivity index is 2.37. The zero-order valence-corrected chi connectivity index (χ0v) is 9.48. The number of alkyl halides is 2. The van der Waals surface area contributed by atoms with Gasteiger partial charge in [0.2, 0.25) is 0 Å². The Kier molecular flexibility index (Phi) is 2.90. The molecule has 0 aliphatic carbocycles. The maximum absolute atomic E-state index is 13.2. The smallest absolute Gasteiger partial charge is 0.399 e. The van der Waals surface area contributed by atoms with Crippen LogP contribution in [0.25, 0.3) is 11.3 Å². The van der Waals surface area contributed by atoms with Gasteiger partial charge in [0.1, 0.15) is 5.76 Å². The lowest BCUT2D eigenvalue weighted by atomic mass is 10.1. The van der Waals surface area contributed by atoms with Gasteiger partial charge in [0.25, 0.3) is 0 Å². The second kappa shape index (κ2) is 4.25. The van der Waals surface area contributed by atoms with Crippen molar-refractivity contribution in [1.82, 2.24) is 0 Å². The monoisotopic (exact) mass is 252 g/mol. The Morgan fingerprint density at radius 2 is 1.78 bits per heavy atom. The summed E-state index contributed by atoms with van der Waals surface area (Å²) >= 11 is 0. The first-order valence-electron chi connectivity index (χ1n) is 5.20. The minimum Gasteiger partial charge on any atom is -0.476 e. The molecule has 0 atom stereocenters. The lowest BCUT2D eigenvalue weighted by Crippen LogP contribution is -2.24. The van der Waals surface area contributed by atoms with E-state index in [1.54, 1.807) is 12.1 Å². The lowest BCUT2D eigenvalue weighted by molar-refractivity contribution is -0.168. The maximum Gasteiger partial charge on any atom is 0.399 e. The number of benzene rings is 1. The standard InChI is InChI=1S/C13H10F2O3/c1-8-2-4-9(5-3-8)10-6-7-11(18-10)13(14,15)12(16)17/h2-7H,1H3,(H,16,17). The molecule has 0 spiro atoms. The fourth-order valence-electron chi connectivity index (χ4n) is 1.49. The molecule has 3 nitrogen and oxygen atoms in total. The van der Waals surface area contributed by atoms with Gasteiger partial charge in [-0.2, -0.15) is 8.78 Å². The highest BCUT2D eigenvalue weighted by molar-refractivity contribution is 5.76. The quantitative estimate of drug-likeness (QED) is 0.910. The van der Waals surface area contributed by atoms with Gasteiger partial charge < -0.3 is 9.52 Å². The summed E-state index contributed by atoms with van der Waals surface area (Å²) in [5.41, 5.74) is 1.65. The molecule has 2 rings (SSSR count). The molecule has 18 heavy (non-hydrogen) atoms. The van der Waals surface area contributed by atoms with Gasteiger partial charge in [-0.25, -0.2) is 4.79 Å². The number of aryl methyl sites for hydroxylation is 1. The first kappa shape index (κ1) is 12.3. The number of aliphatic carboxylic acids is 1. The van der Waals surface area contributed by atoms with Gasteiger partial charge in [0.05, 0.1) is 0 Å². The number of carbonyl (C=O) groups is 1. The van der Waals surface area contributed by atoms with E-state index in [9.17, 15) is 13.6 Å². The molecule has 0 fully saturated rings. The molecule has 1 heterocycles. The topological polar surface area (TPSA) is 50.4 Å². The number of furan rings is 1. The van der Waals surface area contributed by atoms with Crippen LogP contribution in [0.3, 0.4) is 0 Å². The van der Waals surface area contributed by atoms with E-state index in [1.165, 1.54) is 6.07 Å². The summed E-state index contributed by atoms with van der Waals surface area (Å²) in [6.45, 7) is 1.90. The number of rotatable bonds is 3. The van der Waals surface area contributed by atoms with Gasteiger partial charge in [-0.05, 0) is 19.1 Å². The largest absolute Gasteiger partial charge is 0.476 e. The van der Waals surface area contributed by atoms with Crippen molar-refractivity contribution in [1.29, 1.82) is 0 Å². The summed E-state index contributed by atoms with van der Waals surface area (Å²) in [4.78, 5) is 10.4. The van der Waals surface area contributed by atoms with Crippen LogP contribution in [0.1, 0.15) is 11.3 Å². The Bertz CT molecular complexity index is 570. The summed E-state index contributed by atoms with van der Waals surface area (Å²) < 4.78 is 31.3. The van der Waals surface area contributed by atoms with E-state index in [0.29, 0.717) is 5.56 Å². The Morgan fingerprint density at radius 1 is 1.17 bits per heavy atom. The molecule has 0 saturated carbocycles. The fourth-order valence-corrected chi connectivity index (χ4v) is 1.49. The fraction of sp³-hybridized carbons (Fsp3) is 0.154. The molecule has 2 aromatic rings. The van der Waals surface area contributed by atoms with E-state index in [-0.39, 0.29) is 5.76 Å².